The van der Waals surface area contributed by atoms with Crippen LogP contribution in [0.3, 0.4) is 0 Å². The number of hydrogen-bond donors (Lipinski definition) is 1. The van der Waals surface area contributed by atoms with Crippen molar-refractivity contribution in [1.82, 2.24) is 4.90 Å². The van der Waals surface area contributed by atoms with Crippen LogP contribution in [0.5, 0.6) is 0 Å². The lowest BCUT2D eigenvalue weighted by molar-refractivity contribution is 0.238. The van der Waals surface area contributed by atoms with Gasteiger partial charge in [0.25, 0.3) is 0 Å². The van der Waals surface area contributed by atoms with E-state index < -0.39 is 0 Å². The zero-order valence-electron chi connectivity index (χ0n) is 11.3. The third kappa shape index (κ3) is 5.55. The van der Waals surface area contributed by atoms with Crippen LogP contribution in [0.15, 0.2) is 0 Å². The van der Waals surface area contributed by atoms with Gasteiger partial charge in [-0.3, -0.25) is 0 Å². The largest absolute Gasteiger partial charge is 0.328 e. The van der Waals surface area contributed by atoms with Crippen LogP contribution in [0.1, 0.15) is 40.0 Å². The lowest BCUT2D eigenvalue weighted by Gasteiger charge is -2.27. The summed E-state index contributed by atoms with van der Waals surface area (Å²) >= 11 is 2.08. The number of rotatable bonds is 5. The minimum Gasteiger partial charge on any atom is -0.328 e. The van der Waals surface area contributed by atoms with E-state index in [1.807, 2.05) is 0 Å². The highest BCUT2D eigenvalue weighted by atomic mass is 32.2. The van der Waals surface area contributed by atoms with Gasteiger partial charge in [0.1, 0.15) is 0 Å². The maximum atomic E-state index is 6.17. The van der Waals surface area contributed by atoms with E-state index in [1.165, 1.54) is 17.9 Å². The molecule has 1 saturated heterocycles. The first kappa shape index (κ1) is 14.3. The summed E-state index contributed by atoms with van der Waals surface area (Å²) in [5.74, 6) is 2.65. The number of thioether (sulfide) groups is 1. The van der Waals surface area contributed by atoms with Crippen LogP contribution in [0, 0.1) is 5.41 Å². The van der Waals surface area contributed by atoms with Crippen molar-refractivity contribution in [2.75, 3.05) is 25.1 Å². The highest BCUT2D eigenvalue weighted by Crippen LogP contribution is 2.23. The summed E-state index contributed by atoms with van der Waals surface area (Å²) in [5, 5.41) is 0. The van der Waals surface area contributed by atoms with Crippen molar-refractivity contribution in [3.8, 4) is 0 Å². The van der Waals surface area contributed by atoms with E-state index in [0.717, 1.165) is 25.4 Å². The second kappa shape index (κ2) is 6.27. The Kier molecular flexibility index (Phi) is 5.62. The molecule has 16 heavy (non-hydrogen) atoms. The molecule has 0 aromatic heterocycles. The predicted octanol–water partition coefficient (Wildman–Crippen LogP) is 2.58. The monoisotopic (exact) mass is 244 g/mol. The second-order valence-electron chi connectivity index (χ2n) is 6.31. The van der Waals surface area contributed by atoms with Crippen LogP contribution in [0.2, 0.25) is 0 Å². The minimum atomic E-state index is 0.358. The van der Waals surface area contributed by atoms with Crippen molar-refractivity contribution in [2.24, 2.45) is 11.1 Å². The van der Waals surface area contributed by atoms with Crippen molar-refractivity contribution in [3.05, 3.63) is 0 Å². The Bertz CT molecular complexity index is 195. The summed E-state index contributed by atoms with van der Waals surface area (Å²) in [4.78, 5) is 2.50. The lowest BCUT2D eigenvalue weighted by atomic mass is 9.87. The van der Waals surface area contributed by atoms with Gasteiger partial charge in [0.05, 0.1) is 0 Å². The van der Waals surface area contributed by atoms with E-state index in [1.54, 1.807) is 0 Å². The molecule has 0 aliphatic carbocycles. The van der Waals surface area contributed by atoms with Gasteiger partial charge in [0, 0.05) is 17.8 Å². The van der Waals surface area contributed by atoms with Crippen LogP contribution in [-0.2, 0) is 0 Å². The summed E-state index contributed by atoms with van der Waals surface area (Å²) in [7, 11) is 2.25. The fraction of sp³-hybridized carbons (Fsp3) is 1.00. The van der Waals surface area contributed by atoms with Crippen LogP contribution in [0.25, 0.3) is 0 Å². The topological polar surface area (TPSA) is 29.3 Å². The van der Waals surface area contributed by atoms with Crippen molar-refractivity contribution >= 4 is 11.8 Å². The molecule has 1 aliphatic rings. The molecule has 0 bridgehead atoms. The molecule has 2 N–H and O–H groups in total. The molecule has 0 amide bonds. The Morgan fingerprint density at radius 2 is 2.12 bits per heavy atom. The van der Waals surface area contributed by atoms with Gasteiger partial charge < -0.3 is 10.6 Å². The third-order valence-electron chi connectivity index (χ3n) is 3.26. The fourth-order valence-corrected chi connectivity index (χ4v) is 3.61. The summed E-state index contributed by atoms with van der Waals surface area (Å²) in [6.07, 6.45) is 3.62. The number of nitrogens with two attached hydrogens (primary N) is 1. The Balaban J connectivity index is 2.17. The molecule has 1 fully saturated rings. The molecule has 0 aromatic rings. The van der Waals surface area contributed by atoms with Crippen LogP contribution < -0.4 is 5.73 Å². The average Bonchev–Trinajstić information content (AvgIpc) is 2.64. The Morgan fingerprint density at radius 1 is 1.44 bits per heavy atom. The molecule has 1 rings (SSSR count). The fourth-order valence-electron chi connectivity index (χ4n) is 2.31. The van der Waals surface area contributed by atoms with E-state index in [9.17, 15) is 0 Å². The molecule has 1 heterocycles. The van der Waals surface area contributed by atoms with Gasteiger partial charge in [-0.1, -0.05) is 20.8 Å². The van der Waals surface area contributed by atoms with Crippen LogP contribution in [0.4, 0.5) is 0 Å². The van der Waals surface area contributed by atoms with Crippen molar-refractivity contribution in [2.45, 2.75) is 52.1 Å². The first-order valence-corrected chi connectivity index (χ1v) is 7.57. The smallest absolute Gasteiger partial charge is 0.0191 e. The van der Waals surface area contributed by atoms with Gasteiger partial charge in [0.2, 0.25) is 0 Å². The second-order valence-corrected chi connectivity index (χ2v) is 7.46. The maximum Gasteiger partial charge on any atom is 0.0191 e. The van der Waals surface area contributed by atoms with E-state index in [0.29, 0.717) is 11.5 Å². The molecule has 2 nitrogen and oxygen atoms in total. The third-order valence-corrected chi connectivity index (χ3v) is 4.40. The summed E-state index contributed by atoms with van der Waals surface area (Å²) < 4.78 is 0. The molecule has 2 atom stereocenters. The van der Waals surface area contributed by atoms with Gasteiger partial charge in [-0.25, -0.2) is 0 Å². The standard InChI is InChI=1S/C13H28N2S/c1-13(2,3)9-11(14)5-7-15(4)12-6-8-16-10-12/h11-12H,5-10,14H2,1-4H3. The molecule has 0 saturated carbocycles. The molecule has 96 valence electrons. The molecule has 0 radical (unpaired) electrons. The van der Waals surface area contributed by atoms with Gasteiger partial charge >= 0.3 is 0 Å². The van der Waals surface area contributed by atoms with E-state index in [2.05, 4.69) is 44.5 Å². The highest BCUT2D eigenvalue weighted by Gasteiger charge is 2.21. The van der Waals surface area contributed by atoms with Crippen LogP contribution >= 0.6 is 11.8 Å². The zero-order chi connectivity index (χ0) is 12.2. The molecular weight excluding hydrogens is 216 g/mol. The highest BCUT2D eigenvalue weighted by molar-refractivity contribution is 7.99. The summed E-state index contributed by atoms with van der Waals surface area (Å²) in [6.45, 7) is 7.96. The van der Waals surface area contributed by atoms with Crippen LogP contribution in [-0.4, -0.2) is 42.1 Å². The first-order valence-electron chi connectivity index (χ1n) is 6.42. The van der Waals surface area contributed by atoms with Gasteiger partial charge in [-0.15, -0.1) is 0 Å². The normalized spacial score (nSPS) is 24.0. The summed E-state index contributed by atoms with van der Waals surface area (Å²) in [5.41, 5.74) is 6.54. The quantitative estimate of drug-likeness (QED) is 0.806. The molecule has 0 spiro atoms. The summed E-state index contributed by atoms with van der Waals surface area (Å²) in [6, 6.07) is 1.16. The number of hydrogen-bond acceptors (Lipinski definition) is 3. The van der Waals surface area contributed by atoms with Gasteiger partial charge in [0.15, 0.2) is 0 Å². The predicted molar refractivity (Wildman–Crippen MR) is 75.0 cm³/mol. The Labute approximate surface area is 105 Å². The molecule has 0 aromatic carbocycles. The van der Waals surface area contributed by atoms with E-state index in [-0.39, 0.29) is 0 Å². The van der Waals surface area contributed by atoms with Crippen molar-refractivity contribution in [3.63, 3.8) is 0 Å². The van der Waals surface area contributed by atoms with Gasteiger partial charge in [-0.05, 0) is 44.0 Å². The maximum absolute atomic E-state index is 6.17. The molecule has 2 unspecified atom stereocenters. The Morgan fingerprint density at radius 3 is 2.62 bits per heavy atom. The zero-order valence-corrected chi connectivity index (χ0v) is 12.1. The SMILES string of the molecule is CN(CCC(N)CC(C)(C)C)C1CCSC1. The Hall–Kier alpha value is 0.270. The molecule has 3 heteroatoms. The van der Waals surface area contributed by atoms with Crippen molar-refractivity contribution in [1.29, 1.82) is 0 Å². The van der Waals surface area contributed by atoms with E-state index >= 15 is 0 Å². The molecule has 1 aliphatic heterocycles. The van der Waals surface area contributed by atoms with Crippen molar-refractivity contribution < 1.29 is 0 Å². The number of nitrogens with zero attached hydrogens (tertiary/aromatic N) is 1. The van der Waals surface area contributed by atoms with E-state index in [4.69, 9.17) is 5.73 Å². The van der Waals surface area contributed by atoms with Gasteiger partial charge in [-0.2, -0.15) is 11.8 Å². The minimum absolute atomic E-state index is 0.358. The average molecular weight is 244 g/mol. The first-order chi connectivity index (χ1) is 7.38. The molecular formula is C13H28N2S. The lowest BCUT2D eigenvalue weighted by Crippen LogP contribution is -2.36.